The Kier molecular flexibility index (Phi) is 5.35. The molecule has 1 fully saturated rings. The number of nitrogens with one attached hydrogen (secondary N) is 3. The highest BCUT2D eigenvalue weighted by atomic mass is 35.5. The van der Waals surface area contributed by atoms with E-state index in [1.54, 1.807) is 7.11 Å². The van der Waals surface area contributed by atoms with Crippen molar-refractivity contribution in [2.24, 2.45) is 0 Å². The highest BCUT2D eigenvalue weighted by Gasteiger charge is 2.29. The third-order valence-electron chi connectivity index (χ3n) is 4.14. The van der Waals surface area contributed by atoms with Gasteiger partial charge >= 0.3 is 0 Å². The van der Waals surface area contributed by atoms with Gasteiger partial charge in [0.1, 0.15) is 11.8 Å². The van der Waals surface area contributed by atoms with E-state index >= 15 is 0 Å². The van der Waals surface area contributed by atoms with Crippen LogP contribution in [0, 0.1) is 0 Å². The topological polar surface area (TPSA) is 62.4 Å². The van der Waals surface area contributed by atoms with E-state index in [0.29, 0.717) is 18.0 Å². The van der Waals surface area contributed by atoms with Crippen molar-refractivity contribution in [2.45, 2.75) is 25.0 Å². The van der Waals surface area contributed by atoms with Gasteiger partial charge in [0.25, 0.3) is 0 Å². The van der Waals surface area contributed by atoms with Crippen LogP contribution in [0.1, 0.15) is 23.6 Å². The lowest BCUT2D eigenvalue weighted by Gasteiger charge is -2.12. The molecule has 0 spiro atoms. The molecule has 1 saturated heterocycles. The van der Waals surface area contributed by atoms with Crippen LogP contribution in [0.3, 0.4) is 0 Å². The number of hydrogen-bond acceptors (Lipinski definition) is 4. The lowest BCUT2D eigenvalue weighted by Crippen LogP contribution is -2.42. The molecule has 2 atom stereocenters. The van der Waals surface area contributed by atoms with Crippen molar-refractivity contribution in [3.05, 3.63) is 64.7 Å². The fraction of sp³-hybridized carbons (Fsp3) is 0.278. The van der Waals surface area contributed by atoms with E-state index in [9.17, 15) is 4.79 Å². The first kappa shape index (κ1) is 16.8. The monoisotopic (exact) mass is 345 g/mol. The van der Waals surface area contributed by atoms with Crippen LogP contribution < -0.4 is 20.9 Å². The van der Waals surface area contributed by atoms with Gasteiger partial charge in [0.15, 0.2) is 0 Å². The first-order valence-electron chi connectivity index (χ1n) is 7.83. The summed E-state index contributed by atoms with van der Waals surface area (Å²) in [6.45, 7) is 0.437. The molecular formula is C18H20ClN3O2. The molecule has 2 aromatic carbocycles. The number of amides is 1. The molecular weight excluding hydrogens is 326 g/mol. The Morgan fingerprint density at radius 1 is 1.21 bits per heavy atom. The zero-order valence-electron chi connectivity index (χ0n) is 13.4. The Hall–Kier alpha value is -2.08. The molecule has 3 N–H and O–H groups in total. The van der Waals surface area contributed by atoms with E-state index in [0.717, 1.165) is 16.9 Å². The Balaban J connectivity index is 1.56. The average Bonchev–Trinajstić information content (AvgIpc) is 3.10. The number of para-hydroxylation sites is 1. The molecule has 2 aromatic rings. The fourth-order valence-corrected chi connectivity index (χ4v) is 2.92. The minimum Gasteiger partial charge on any atom is -0.496 e. The highest BCUT2D eigenvalue weighted by Crippen LogP contribution is 2.24. The molecule has 0 radical (unpaired) electrons. The molecule has 126 valence electrons. The second-order valence-corrected chi connectivity index (χ2v) is 6.15. The van der Waals surface area contributed by atoms with Gasteiger partial charge in [-0.3, -0.25) is 4.79 Å². The molecule has 3 rings (SSSR count). The average molecular weight is 346 g/mol. The summed E-state index contributed by atoms with van der Waals surface area (Å²) in [6, 6.07) is 15.1. The quantitative estimate of drug-likeness (QED) is 0.779. The van der Waals surface area contributed by atoms with Crippen LogP contribution in [0.5, 0.6) is 5.75 Å². The van der Waals surface area contributed by atoms with E-state index in [1.165, 1.54) is 0 Å². The van der Waals surface area contributed by atoms with Crippen molar-refractivity contribution >= 4 is 17.5 Å². The standard InChI is InChI=1S/C18H20ClN3O2/c1-24-17-5-3-2-4-13(17)11-20-18(23)16-10-15(21-22-16)12-6-8-14(19)9-7-12/h2-9,15-16,21-22H,10-11H2,1H3,(H,20,23). The summed E-state index contributed by atoms with van der Waals surface area (Å²) < 4.78 is 5.30. The Morgan fingerprint density at radius 2 is 1.96 bits per heavy atom. The smallest absolute Gasteiger partial charge is 0.238 e. The van der Waals surface area contributed by atoms with Crippen molar-refractivity contribution in [2.75, 3.05) is 7.11 Å². The lowest BCUT2D eigenvalue weighted by molar-refractivity contribution is -0.123. The van der Waals surface area contributed by atoms with Gasteiger partial charge < -0.3 is 10.1 Å². The zero-order valence-corrected chi connectivity index (χ0v) is 14.1. The molecule has 0 bridgehead atoms. The maximum atomic E-state index is 12.4. The third-order valence-corrected chi connectivity index (χ3v) is 4.39. The number of hydrogen-bond donors (Lipinski definition) is 3. The molecule has 2 unspecified atom stereocenters. The maximum Gasteiger partial charge on any atom is 0.238 e. The minimum absolute atomic E-state index is 0.0372. The summed E-state index contributed by atoms with van der Waals surface area (Å²) in [4.78, 5) is 12.4. The second kappa shape index (κ2) is 7.66. The molecule has 1 aliphatic rings. The number of benzene rings is 2. The van der Waals surface area contributed by atoms with Crippen LogP contribution in [0.2, 0.25) is 5.02 Å². The van der Waals surface area contributed by atoms with Crippen LogP contribution in [-0.4, -0.2) is 19.1 Å². The van der Waals surface area contributed by atoms with Crippen LogP contribution in [0.15, 0.2) is 48.5 Å². The van der Waals surface area contributed by atoms with Gasteiger partial charge in [-0.15, -0.1) is 0 Å². The number of carbonyl (C=O) groups is 1. The van der Waals surface area contributed by atoms with Crippen molar-refractivity contribution in [3.63, 3.8) is 0 Å². The van der Waals surface area contributed by atoms with Gasteiger partial charge in [-0.1, -0.05) is 41.9 Å². The molecule has 1 heterocycles. The van der Waals surface area contributed by atoms with E-state index in [-0.39, 0.29) is 18.0 Å². The van der Waals surface area contributed by atoms with Gasteiger partial charge in [0.05, 0.1) is 7.11 Å². The van der Waals surface area contributed by atoms with Crippen molar-refractivity contribution in [1.82, 2.24) is 16.2 Å². The summed E-state index contributed by atoms with van der Waals surface area (Å²) in [7, 11) is 1.62. The fourth-order valence-electron chi connectivity index (χ4n) is 2.80. The first-order valence-corrected chi connectivity index (χ1v) is 8.21. The molecule has 1 amide bonds. The zero-order chi connectivity index (χ0) is 16.9. The van der Waals surface area contributed by atoms with E-state index in [4.69, 9.17) is 16.3 Å². The van der Waals surface area contributed by atoms with Crippen LogP contribution in [0.4, 0.5) is 0 Å². The van der Waals surface area contributed by atoms with Crippen molar-refractivity contribution in [1.29, 1.82) is 0 Å². The molecule has 24 heavy (non-hydrogen) atoms. The van der Waals surface area contributed by atoms with Crippen LogP contribution in [-0.2, 0) is 11.3 Å². The largest absolute Gasteiger partial charge is 0.496 e. The van der Waals surface area contributed by atoms with Gasteiger partial charge in [-0.2, -0.15) is 0 Å². The molecule has 6 heteroatoms. The summed E-state index contributed by atoms with van der Waals surface area (Å²) in [6.07, 6.45) is 0.680. The van der Waals surface area contributed by atoms with E-state index in [1.807, 2.05) is 48.5 Å². The number of methoxy groups -OCH3 is 1. The Morgan fingerprint density at radius 3 is 2.71 bits per heavy atom. The van der Waals surface area contributed by atoms with Crippen LogP contribution >= 0.6 is 11.6 Å². The summed E-state index contributed by atoms with van der Waals surface area (Å²) >= 11 is 5.91. The molecule has 0 aromatic heterocycles. The number of rotatable bonds is 5. The van der Waals surface area contributed by atoms with Gasteiger partial charge in [-0.05, 0) is 30.2 Å². The number of ether oxygens (including phenoxy) is 1. The van der Waals surface area contributed by atoms with Crippen LogP contribution in [0.25, 0.3) is 0 Å². The second-order valence-electron chi connectivity index (χ2n) is 5.71. The summed E-state index contributed by atoms with van der Waals surface area (Å²) in [5, 5.41) is 3.66. The highest BCUT2D eigenvalue weighted by molar-refractivity contribution is 6.30. The normalized spacial score (nSPS) is 19.9. The number of carbonyl (C=O) groups excluding carboxylic acids is 1. The SMILES string of the molecule is COc1ccccc1CNC(=O)C1CC(c2ccc(Cl)cc2)NN1. The van der Waals surface area contributed by atoms with Gasteiger partial charge in [0, 0.05) is 23.2 Å². The molecule has 5 nitrogen and oxygen atoms in total. The van der Waals surface area contributed by atoms with Gasteiger partial charge in [0.2, 0.25) is 5.91 Å². The number of halogens is 1. The summed E-state index contributed by atoms with van der Waals surface area (Å²) in [5.74, 6) is 0.735. The molecule has 0 aliphatic carbocycles. The first-order chi connectivity index (χ1) is 11.7. The predicted octanol–water partition coefficient (Wildman–Crippen LogP) is 2.57. The summed E-state index contributed by atoms with van der Waals surface area (Å²) in [5.41, 5.74) is 8.28. The lowest BCUT2D eigenvalue weighted by atomic mass is 10.0. The van der Waals surface area contributed by atoms with Crippen molar-refractivity contribution in [3.8, 4) is 5.75 Å². The predicted molar refractivity (Wildman–Crippen MR) is 93.7 cm³/mol. The Bertz CT molecular complexity index is 706. The van der Waals surface area contributed by atoms with E-state index in [2.05, 4.69) is 16.2 Å². The van der Waals surface area contributed by atoms with Crippen molar-refractivity contribution < 1.29 is 9.53 Å². The van der Waals surface area contributed by atoms with E-state index < -0.39 is 0 Å². The maximum absolute atomic E-state index is 12.4. The van der Waals surface area contributed by atoms with Gasteiger partial charge in [-0.25, -0.2) is 10.9 Å². The minimum atomic E-state index is -0.277. The Labute approximate surface area is 146 Å². The molecule has 1 aliphatic heterocycles. The molecule has 0 saturated carbocycles. The third kappa shape index (κ3) is 3.87. The number of hydrazine groups is 1.